The van der Waals surface area contributed by atoms with E-state index in [1.807, 2.05) is 6.07 Å². The Morgan fingerprint density at radius 1 is 1.39 bits per heavy atom. The summed E-state index contributed by atoms with van der Waals surface area (Å²) in [7, 11) is 1.51. The molecule has 0 aromatic heterocycles. The van der Waals surface area contributed by atoms with Gasteiger partial charge in [0.25, 0.3) is 0 Å². The van der Waals surface area contributed by atoms with E-state index in [2.05, 4.69) is 11.6 Å². The van der Waals surface area contributed by atoms with E-state index in [0.29, 0.717) is 0 Å². The molecule has 1 aliphatic rings. The molecule has 126 valence electrons. The van der Waals surface area contributed by atoms with Crippen LogP contribution in [-0.2, 0) is 4.74 Å². The number of nitriles is 1. The van der Waals surface area contributed by atoms with Gasteiger partial charge in [-0.3, -0.25) is 4.99 Å². The maximum absolute atomic E-state index is 15.1. The van der Waals surface area contributed by atoms with E-state index < -0.39 is 17.4 Å². The quantitative estimate of drug-likeness (QED) is 0.454. The average molecular weight is 321 g/mol. The van der Waals surface area contributed by atoms with Gasteiger partial charge in [0.05, 0.1) is 11.8 Å². The molecule has 1 fully saturated rings. The molecule has 1 amide bonds. The maximum atomic E-state index is 15.1. The zero-order chi connectivity index (χ0) is 17.7. The molecule has 0 aromatic carbocycles. The predicted octanol–water partition coefficient (Wildman–Crippen LogP) is 3.43. The molecule has 1 saturated heterocycles. The largest absolute Gasteiger partial charge is 0.444 e. The first-order chi connectivity index (χ1) is 10.6. The van der Waals surface area contributed by atoms with Crippen LogP contribution >= 0.6 is 0 Å². The fraction of sp³-hybridized carbons (Fsp3) is 0.588. The van der Waals surface area contributed by atoms with Crippen molar-refractivity contribution < 1.29 is 13.9 Å². The number of allylic oxidation sites excluding steroid dienone is 3. The van der Waals surface area contributed by atoms with E-state index in [1.165, 1.54) is 24.1 Å². The number of carbonyl (C=O) groups excluding carboxylic acids is 1. The molecule has 0 unspecified atom stereocenters. The van der Waals surface area contributed by atoms with Crippen LogP contribution in [0.1, 0.15) is 33.6 Å². The minimum atomic E-state index is -1.61. The van der Waals surface area contributed by atoms with Crippen molar-refractivity contribution in [1.82, 2.24) is 4.90 Å². The van der Waals surface area contributed by atoms with Crippen molar-refractivity contribution in [3.8, 4) is 6.07 Å². The van der Waals surface area contributed by atoms with Crippen LogP contribution in [0.5, 0.6) is 0 Å². The third kappa shape index (κ3) is 5.51. The fourth-order valence-electron chi connectivity index (χ4n) is 2.27. The van der Waals surface area contributed by atoms with E-state index in [4.69, 9.17) is 10.00 Å². The van der Waals surface area contributed by atoms with Crippen LogP contribution in [0.15, 0.2) is 29.3 Å². The van der Waals surface area contributed by atoms with Gasteiger partial charge in [-0.2, -0.15) is 5.26 Å². The second kappa shape index (κ2) is 7.40. The number of hydrogen-bond acceptors (Lipinski definition) is 4. The first-order valence-corrected chi connectivity index (χ1v) is 7.52. The molecular formula is C17H24FN3O2. The van der Waals surface area contributed by atoms with Gasteiger partial charge in [-0.05, 0) is 32.9 Å². The Labute approximate surface area is 137 Å². The SMILES string of the molecule is C=C(C#N)/C=C\C(=NC)C1(F)CCN(C(=O)OC(C)(C)C)CC1. The van der Waals surface area contributed by atoms with Crippen LogP contribution in [-0.4, -0.2) is 48.1 Å². The Bertz CT molecular complexity index is 559. The summed E-state index contributed by atoms with van der Waals surface area (Å²) >= 11 is 0. The van der Waals surface area contributed by atoms with E-state index >= 15 is 4.39 Å². The van der Waals surface area contributed by atoms with E-state index in [0.717, 1.165) is 0 Å². The summed E-state index contributed by atoms with van der Waals surface area (Å²) in [4.78, 5) is 17.5. The highest BCUT2D eigenvalue weighted by atomic mass is 19.1. The highest BCUT2D eigenvalue weighted by Gasteiger charge is 2.40. The number of ether oxygens (including phenoxy) is 1. The number of aliphatic imine (C=N–C) groups is 1. The van der Waals surface area contributed by atoms with Crippen molar-refractivity contribution in [3.63, 3.8) is 0 Å². The molecule has 0 radical (unpaired) electrons. The van der Waals surface area contributed by atoms with Crippen LogP contribution in [0.3, 0.4) is 0 Å². The molecular weight excluding hydrogens is 297 g/mol. The monoisotopic (exact) mass is 321 g/mol. The number of hydrogen-bond donors (Lipinski definition) is 0. The number of halogens is 1. The van der Waals surface area contributed by atoms with Crippen LogP contribution < -0.4 is 0 Å². The summed E-state index contributed by atoms with van der Waals surface area (Å²) in [5, 5.41) is 8.69. The Kier molecular flexibility index (Phi) is 6.08. The maximum Gasteiger partial charge on any atom is 0.410 e. The van der Waals surface area contributed by atoms with Crippen molar-refractivity contribution >= 4 is 11.8 Å². The lowest BCUT2D eigenvalue weighted by Gasteiger charge is -2.37. The predicted molar refractivity (Wildman–Crippen MR) is 88.1 cm³/mol. The normalized spacial score (nSPS) is 18.6. The molecule has 6 heteroatoms. The topological polar surface area (TPSA) is 65.7 Å². The molecule has 0 aliphatic carbocycles. The molecule has 0 aromatic rings. The Balaban J connectivity index is 2.72. The zero-order valence-corrected chi connectivity index (χ0v) is 14.2. The van der Waals surface area contributed by atoms with Crippen molar-refractivity contribution in [2.75, 3.05) is 20.1 Å². The summed E-state index contributed by atoms with van der Waals surface area (Å²) in [6.45, 7) is 9.43. The fourth-order valence-corrected chi connectivity index (χ4v) is 2.27. The summed E-state index contributed by atoms with van der Waals surface area (Å²) in [5.74, 6) is 0. The van der Waals surface area contributed by atoms with Crippen LogP contribution in [0.2, 0.25) is 0 Å². The number of amides is 1. The number of rotatable bonds is 3. The number of likely N-dealkylation sites (tertiary alicyclic amines) is 1. The Morgan fingerprint density at radius 3 is 2.39 bits per heavy atom. The third-order valence-corrected chi connectivity index (χ3v) is 3.49. The Morgan fingerprint density at radius 2 is 1.96 bits per heavy atom. The molecule has 0 atom stereocenters. The third-order valence-electron chi connectivity index (χ3n) is 3.49. The summed E-state index contributed by atoms with van der Waals surface area (Å²) in [6, 6.07) is 1.88. The second-order valence-electron chi connectivity index (χ2n) is 6.51. The van der Waals surface area contributed by atoms with Crippen LogP contribution in [0, 0.1) is 11.3 Å². The molecule has 0 N–H and O–H groups in total. The van der Waals surface area contributed by atoms with Gasteiger partial charge in [-0.15, -0.1) is 0 Å². The van der Waals surface area contributed by atoms with Gasteiger partial charge < -0.3 is 9.64 Å². The van der Waals surface area contributed by atoms with Gasteiger partial charge in [0.15, 0.2) is 5.67 Å². The Hall–Kier alpha value is -2.16. The first-order valence-electron chi connectivity index (χ1n) is 7.52. The highest BCUT2D eigenvalue weighted by Crippen LogP contribution is 2.30. The van der Waals surface area contributed by atoms with Gasteiger partial charge in [-0.25, -0.2) is 9.18 Å². The molecule has 23 heavy (non-hydrogen) atoms. The van der Waals surface area contributed by atoms with E-state index in [-0.39, 0.29) is 37.2 Å². The minimum Gasteiger partial charge on any atom is -0.444 e. The van der Waals surface area contributed by atoms with Gasteiger partial charge in [0, 0.05) is 38.6 Å². The lowest BCUT2D eigenvalue weighted by molar-refractivity contribution is 0.0128. The molecule has 0 spiro atoms. The molecule has 0 saturated carbocycles. The highest BCUT2D eigenvalue weighted by molar-refractivity contribution is 6.02. The minimum absolute atomic E-state index is 0.141. The van der Waals surface area contributed by atoms with Crippen molar-refractivity contribution in [2.24, 2.45) is 4.99 Å². The second-order valence-corrected chi connectivity index (χ2v) is 6.51. The number of nitrogens with zero attached hydrogens (tertiary/aromatic N) is 3. The summed E-state index contributed by atoms with van der Waals surface area (Å²) in [5.41, 5.74) is -1.68. The van der Waals surface area contributed by atoms with Gasteiger partial charge in [0.1, 0.15) is 5.60 Å². The standard InChI is InChI=1S/C17H24FN3O2/c1-13(12-19)6-7-14(20-5)17(18)8-10-21(11-9-17)15(22)23-16(2,3)4/h6-7H,1,8-11H2,2-5H3/b7-6-,20-14?. The molecule has 5 nitrogen and oxygen atoms in total. The first kappa shape index (κ1) is 18.9. The lowest BCUT2D eigenvalue weighted by atomic mass is 9.88. The van der Waals surface area contributed by atoms with Crippen molar-refractivity contribution in [1.29, 1.82) is 5.26 Å². The summed E-state index contributed by atoms with van der Waals surface area (Å²) < 4.78 is 20.4. The molecule has 1 heterocycles. The van der Waals surface area contributed by atoms with Crippen LogP contribution in [0.25, 0.3) is 0 Å². The zero-order valence-electron chi connectivity index (χ0n) is 14.2. The molecule has 1 aliphatic heterocycles. The van der Waals surface area contributed by atoms with Crippen LogP contribution in [0.4, 0.5) is 9.18 Å². The molecule has 0 bridgehead atoms. The lowest BCUT2D eigenvalue weighted by Crippen LogP contribution is -2.49. The van der Waals surface area contributed by atoms with Gasteiger partial charge in [0.2, 0.25) is 0 Å². The van der Waals surface area contributed by atoms with E-state index in [1.54, 1.807) is 20.8 Å². The van der Waals surface area contributed by atoms with Gasteiger partial charge in [-0.1, -0.05) is 6.58 Å². The van der Waals surface area contributed by atoms with Gasteiger partial charge >= 0.3 is 6.09 Å². The number of carbonyl (C=O) groups is 1. The average Bonchev–Trinajstić information content (AvgIpc) is 2.46. The van der Waals surface area contributed by atoms with Crippen molar-refractivity contribution in [2.45, 2.75) is 44.9 Å². The number of alkyl halides is 1. The smallest absolute Gasteiger partial charge is 0.410 e. The summed E-state index contributed by atoms with van der Waals surface area (Å²) in [6.07, 6.45) is 2.78. The van der Waals surface area contributed by atoms with Crippen molar-refractivity contribution in [3.05, 3.63) is 24.3 Å². The molecule has 1 rings (SSSR count). The number of piperidine rings is 1. The van der Waals surface area contributed by atoms with E-state index in [9.17, 15) is 4.79 Å².